The van der Waals surface area contributed by atoms with E-state index in [1.54, 1.807) is 0 Å². The molecule has 0 atom stereocenters. The van der Waals surface area contributed by atoms with Gasteiger partial charge in [-0.3, -0.25) is 4.79 Å². The molecule has 0 spiro atoms. The molecule has 0 fully saturated rings. The first-order valence-corrected chi connectivity index (χ1v) is 3.46. The van der Waals surface area contributed by atoms with Crippen LogP contribution < -0.4 is 0 Å². The van der Waals surface area contributed by atoms with Crippen LogP contribution in [0, 0.1) is 0 Å². The van der Waals surface area contributed by atoms with Crippen molar-refractivity contribution in [1.29, 1.82) is 0 Å². The lowest BCUT2D eigenvalue weighted by Gasteiger charge is -1.96. The average molecular weight is 138 g/mol. The summed E-state index contributed by atoms with van der Waals surface area (Å²) in [6, 6.07) is 0. The van der Waals surface area contributed by atoms with E-state index in [1.807, 2.05) is 32.9 Å². The number of allylic oxidation sites excluding steroid dienone is 4. The average Bonchev–Trinajstić information content (AvgIpc) is 1.99. The van der Waals surface area contributed by atoms with Crippen molar-refractivity contribution in [2.75, 3.05) is 0 Å². The summed E-state index contributed by atoms with van der Waals surface area (Å²) in [5, 5.41) is 0. The standard InChI is InChI=1S/C9H14O/c1-4-8(3)6-9(5-2)7-10/h4-5,7H,6H2,1-3H3/b8-4+,9-5+. The van der Waals surface area contributed by atoms with Gasteiger partial charge in [0, 0.05) is 0 Å². The maximum Gasteiger partial charge on any atom is 0.146 e. The van der Waals surface area contributed by atoms with Crippen LogP contribution in [0.1, 0.15) is 27.2 Å². The van der Waals surface area contributed by atoms with Gasteiger partial charge < -0.3 is 0 Å². The minimum absolute atomic E-state index is 0.788. The van der Waals surface area contributed by atoms with Crippen LogP contribution >= 0.6 is 0 Å². The van der Waals surface area contributed by atoms with Gasteiger partial charge in [0.15, 0.2) is 0 Å². The van der Waals surface area contributed by atoms with Crippen LogP contribution in [-0.4, -0.2) is 6.29 Å². The lowest BCUT2D eigenvalue weighted by molar-refractivity contribution is -0.105. The number of rotatable bonds is 3. The van der Waals surface area contributed by atoms with E-state index >= 15 is 0 Å². The van der Waals surface area contributed by atoms with E-state index < -0.39 is 0 Å². The van der Waals surface area contributed by atoms with Crippen molar-refractivity contribution in [1.82, 2.24) is 0 Å². The Morgan fingerprint density at radius 3 is 2.20 bits per heavy atom. The molecule has 0 saturated heterocycles. The van der Waals surface area contributed by atoms with Crippen molar-refractivity contribution < 1.29 is 4.79 Å². The molecule has 10 heavy (non-hydrogen) atoms. The van der Waals surface area contributed by atoms with Crippen molar-refractivity contribution in [3.05, 3.63) is 23.3 Å². The molecule has 0 saturated carbocycles. The molecule has 0 radical (unpaired) electrons. The largest absolute Gasteiger partial charge is 0.298 e. The van der Waals surface area contributed by atoms with Crippen LogP contribution in [0.4, 0.5) is 0 Å². The van der Waals surface area contributed by atoms with Crippen LogP contribution in [-0.2, 0) is 4.79 Å². The van der Waals surface area contributed by atoms with Crippen LogP contribution in [0.3, 0.4) is 0 Å². The summed E-state index contributed by atoms with van der Waals surface area (Å²) in [6.07, 6.45) is 5.57. The highest BCUT2D eigenvalue weighted by atomic mass is 16.1. The van der Waals surface area contributed by atoms with E-state index in [9.17, 15) is 4.79 Å². The van der Waals surface area contributed by atoms with Crippen molar-refractivity contribution in [2.24, 2.45) is 0 Å². The normalized spacial score (nSPS) is 13.5. The summed E-state index contributed by atoms with van der Waals surface area (Å²) >= 11 is 0. The quantitative estimate of drug-likeness (QED) is 0.332. The van der Waals surface area contributed by atoms with Gasteiger partial charge >= 0.3 is 0 Å². The van der Waals surface area contributed by atoms with Gasteiger partial charge in [-0.2, -0.15) is 0 Å². The van der Waals surface area contributed by atoms with E-state index in [-0.39, 0.29) is 0 Å². The molecule has 0 amide bonds. The minimum atomic E-state index is 0.788. The molecule has 0 aliphatic rings. The Kier molecular flexibility index (Phi) is 4.55. The van der Waals surface area contributed by atoms with E-state index in [0.717, 1.165) is 18.3 Å². The zero-order valence-corrected chi connectivity index (χ0v) is 6.85. The molecule has 0 aliphatic carbocycles. The van der Waals surface area contributed by atoms with E-state index in [1.165, 1.54) is 5.57 Å². The lowest BCUT2D eigenvalue weighted by atomic mass is 10.1. The van der Waals surface area contributed by atoms with Crippen molar-refractivity contribution >= 4 is 6.29 Å². The molecule has 1 nitrogen and oxygen atoms in total. The second-order valence-electron chi connectivity index (χ2n) is 2.29. The first kappa shape index (κ1) is 9.15. The molecule has 0 bridgehead atoms. The van der Waals surface area contributed by atoms with Crippen LogP contribution in [0.5, 0.6) is 0 Å². The highest BCUT2D eigenvalue weighted by Gasteiger charge is 1.92. The molecule has 0 rings (SSSR count). The summed E-state index contributed by atoms with van der Waals surface area (Å²) in [7, 11) is 0. The first-order chi connectivity index (χ1) is 4.74. The summed E-state index contributed by atoms with van der Waals surface area (Å²) < 4.78 is 0. The van der Waals surface area contributed by atoms with Gasteiger partial charge in [-0.05, 0) is 32.8 Å². The number of carbonyl (C=O) groups excluding carboxylic acids is 1. The highest BCUT2D eigenvalue weighted by molar-refractivity contribution is 5.73. The Morgan fingerprint density at radius 1 is 1.30 bits per heavy atom. The third kappa shape index (κ3) is 3.23. The molecule has 1 heteroatoms. The number of carbonyl (C=O) groups is 1. The summed E-state index contributed by atoms with van der Waals surface area (Å²) in [6.45, 7) is 5.88. The summed E-state index contributed by atoms with van der Waals surface area (Å²) in [4.78, 5) is 10.3. The molecule has 0 aromatic rings. The molecule has 0 aliphatic heterocycles. The van der Waals surface area contributed by atoms with Gasteiger partial charge in [-0.1, -0.05) is 17.7 Å². The summed E-state index contributed by atoms with van der Waals surface area (Å²) in [5.74, 6) is 0. The molecule has 0 aromatic carbocycles. The third-order valence-corrected chi connectivity index (χ3v) is 1.50. The maximum absolute atomic E-state index is 10.3. The van der Waals surface area contributed by atoms with E-state index in [0.29, 0.717) is 0 Å². The fraction of sp³-hybridized carbons (Fsp3) is 0.444. The molecule has 0 aromatic heterocycles. The van der Waals surface area contributed by atoms with E-state index in [2.05, 4.69) is 0 Å². The monoisotopic (exact) mass is 138 g/mol. The van der Waals surface area contributed by atoms with Crippen molar-refractivity contribution in [3.63, 3.8) is 0 Å². The van der Waals surface area contributed by atoms with Crippen LogP contribution in [0.15, 0.2) is 23.3 Å². The zero-order chi connectivity index (χ0) is 7.98. The fourth-order valence-corrected chi connectivity index (χ4v) is 0.636. The van der Waals surface area contributed by atoms with Crippen LogP contribution in [0.2, 0.25) is 0 Å². The second-order valence-corrected chi connectivity index (χ2v) is 2.29. The van der Waals surface area contributed by atoms with Gasteiger partial charge in [0.2, 0.25) is 0 Å². The Balaban J connectivity index is 4.00. The molecule has 56 valence electrons. The SMILES string of the molecule is C/C=C(\C)C/C(C=O)=C\C. The predicted octanol–water partition coefficient (Wildman–Crippen LogP) is 2.49. The first-order valence-electron chi connectivity index (χ1n) is 3.46. The lowest BCUT2D eigenvalue weighted by Crippen LogP contribution is -1.85. The highest BCUT2D eigenvalue weighted by Crippen LogP contribution is 2.06. The molecular formula is C9H14O. The topological polar surface area (TPSA) is 17.1 Å². The van der Waals surface area contributed by atoms with Gasteiger partial charge in [0.25, 0.3) is 0 Å². The maximum atomic E-state index is 10.3. The number of hydrogen-bond donors (Lipinski definition) is 0. The number of hydrogen-bond acceptors (Lipinski definition) is 1. The van der Waals surface area contributed by atoms with Gasteiger partial charge in [-0.15, -0.1) is 0 Å². The number of aldehydes is 1. The summed E-state index contributed by atoms with van der Waals surface area (Å²) in [5.41, 5.74) is 2.09. The molecule has 0 unspecified atom stereocenters. The zero-order valence-electron chi connectivity index (χ0n) is 6.85. The van der Waals surface area contributed by atoms with Crippen molar-refractivity contribution in [2.45, 2.75) is 27.2 Å². The molecule has 0 heterocycles. The minimum Gasteiger partial charge on any atom is -0.298 e. The van der Waals surface area contributed by atoms with Gasteiger partial charge in [0.1, 0.15) is 6.29 Å². The molecular weight excluding hydrogens is 124 g/mol. The smallest absolute Gasteiger partial charge is 0.146 e. The third-order valence-electron chi connectivity index (χ3n) is 1.50. The van der Waals surface area contributed by atoms with Crippen molar-refractivity contribution in [3.8, 4) is 0 Å². The van der Waals surface area contributed by atoms with Crippen LogP contribution in [0.25, 0.3) is 0 Å². The predicted molar refractivity (Wildman–Crippen MR) is 43.9 cm³/mol. The Hall–Kier alpha value is -0.850. The second kappa shape index (κ2) is 4.98. The molecule has 0 N–H and O–H groups in total. The Labute approximate surface area is 62.4 Å². The van der Waals surface area contributed by atoms with E-state index in [4.69, 9.17) is 0 Å². The van der Waals surface area contributed by atoms with Gasteiger partial charge in [-0.25, -0.2) is 0 Å². The Bertz CT molecular complexity index is 164. The Morgan fingerprint density at radius 2 is 1.90 bits per heavy atom. The van der Waals surface area contributed by atoms with Gasteiger partial charge in [0.05, 0.1) is 0 Å². The fourth-order valence-electron chi connectivity index (χ4n) is 0.636.